The van der Waals surface area contributed by atoms with Gasteiger partial charge in [0.15, 0.2) is 11.5 Å². The number of ketones is 1. The molecule has 0 bridgehead atoms. The fraction of sp³-hybridized carbons (Fsp3) is 0.696. The van der Waals surface area contributed by atoms with E-state index in [1.54, 1.807) is 12.2 Å². The first-order chi connectivity index (χ1) is 13.2. The third-order valence-corrected chi connectivity index (χ3v) is 12.2. The Morgan fingerprint density at radius 1 is 1.36 bits per heavy atom. The van der Waals surface area contributed by atoms with Crippen LogP contribution in [-0.2, 0) is 4.79 Å². The monoisotopic (exact) mass is 422 g/mol. The fourth-order valence-corrected chi connectivity index (χ4v) is 9.90. The molecular weight excluding hydrogens is 391 g/mol. The van der Waals surface area contributed by atoms with Gasteiger partial charge in [-0.05, 0) is 68.8 Å². The van der Waals surface area contributed by atoms with Crippen molar-refractivity contribution in [3.05, 3.63) is 36.5 Å². The van der Waals surface area contributed by atoms with Gasteiger partial charge in [0.25, 0.3) is 0 Å². The van der Waals surface area contributed by atoms with Crippen LogP contribution in [-0.4, -0.2) is 38.8 Å². The number of hydrogen-bond acceptors (Lipinski definition) is 4. The van der Waals surface area contributed by atoms with E-state index in [1.165, 1.54) is 6.08 Å². The molecule has 0 aromatic rings. The summed E-state index contributed by atoms with van der Waals surface area (Å²) >= 11 is 3.80. The van der Waals surface area contributed by atoms with Crippen molar-refractivity contribution in [3.63, 3.8) is 0 Å². The largest absolute Gasteiger partial charge is 0.390 e. The van der Waals surface area contributed by atoms with E-state index in [-0.39, 0.29) is 27.1 Å². The number of carbonyl (C=O) groups excluding carboxylic acids is 1. The Balaban J connectivity index is 1.77. The van der Waals surface area contributed by atoms with Crippen LogP contribution in [0.4, 0.5) is 4.39 Å². The highest BCUT2D eigenvalue weighted by atomic mass is 32.2. The van der Waals surface area contributed by atoms with Crippen molar-refractivity contribution in [1.82, 2.24) is 0 Å². The van der Waals surface area contributed by atoms with Crippen LogP contribution in [0, 0.1) is 22.7 Å². The topological polar surface area (TPSA) is 37.3 Å². The number of allylic oxidation sites excluding steroid dienone is 4. The summed E-state index contributed by atoms with van der Waals surface area (Å²) in [4.78, 5) is 11.9. The van der Waals surface area contributed by atoms with E-state index in [9.17, 15) is 9.90 Å². The van der Waals surface area contributed by atoms with Crippen LogP contribution in [0.3, 0.4) is 0 Å². The van der Waals surface area contributed by atoms with Crippen molar-refractivity contribution < 1.29 is 14.3 Å². The van der Waals surface area contributed by atoms with E-state index in [0.29, 0.717) is 12.8 Å². The molecule has 5 heteroatoms. The second-order valence-electron chi connectivity index (χ2n) is 9.36. The van der Waals surface area contributed by atoms with Crippen molar-refractivity contribution in [3.8, 4) is 0 Å². The van der Waals surface area contributed by atoms with E-state index in [0.717, 1.165) is 30.6 Å². The number of carbonyl (C=O) groups is 1. The minimum absolute atomic E-state index is 0.0104. The van der Waals surface area contributed by atoms with Gasteiger partial charge >= 0.3 is 0 Å². The molecular formula is C23H31FO2S2. The van der Waals surface area contributed by atoms with Gasteiger partial charge in [-0.2, -0.15) is 0 Å². The number of rotatable bonds is 4. The Morgan fingerprint density at radius 2 is 2.11 bits per heavy atom. The predicted octanol–water partition coefficient (Wildman–Crippen LogP) is 5.34. The lowest BCUT2D eigenvalue weighted by atomic mass is 9.46. The van der Waals surface area contributed by atoms with E-state index < -0.39 is 17.2 Å². The molecule has 3 fully saturated rings. The summed E-state index contributed by atoms with van der Waals surface area (Å²) in [5.41, 5.74) is -1.86. The van der Waals surface area contributed by atoms with Gasteiger partial charge in [0.05, 0.1) is 10.2 Å². The minimum atomic E-state index is -1.71. The molecule has 0 saturated heterocycles. The number of thioether (sulfide) groups is 2. The number of alkyl halides is 1. The summed E-state index contributed by atoms with van der Waals surface area (Å²) in [6.07, 6.45) is 11.9. The van der Waals surface area contributed by atoms with Crippen LogP contribution in [0.2, 0.25) is 0 Å². The Bertz CT molecular complexity index is 764. The van der Waals surface area contributed by atoms with Crippen LogP contribution >= 0.6 is 23.5 Å². The van der Waals surface area contributed by atoms with Gasteiger partial charge in [-0.25, -0.2) is 4.39 Å². The standard InChI is InChI=1S/C23H31FO2S2/c1-5-12-28-22(27-4)11-9-17-18-7-6-15-13-16(25)8-10-20(15,2)23(18,24)19(26)14-21(17,22)3/h5,8,10,13,17-19,26H,1,6-7,9,11-12,14H2,2-4H3/t17-,18-,19-,20-,21-,22-,23-/m0/s1. The van der Waals surface area contributed by atoms with E-state index in [4.69, 9.17) is 0 Å². The quantitative estimate of drug-likeness (QED) is 0.490. The summed E-state index contributed by atoms with van der Waals surface area (Å²) < 4.78 is 17.0. The molecule has 0 unspecified atom stereocenters. The average molecular weight is 423 g/mol. The van der Waals surface area contributed by atoms with Gasteiger partial charge in [0.2, 0.25) is 0 Å². The third-order valence-electron chi connectivity index (χ3n) is 8.45. The van der Waals surface area contributed by atoms with Crippen molar-refractivity contribution in [2.75, 3.05) is 12.0 Å². The maximum Gasteiger partial charge on any atom is 0.178 e. The maximum atomic E-state index is 17.0. The molecule has 4 aliphatic carbocycles. The first-order valence-corrected chi connectivity index (χ1v) is 12.5. The molecule has 28 heavy (non-hydrogen) atoms. The number of aliphatic hydroxyl groups excluding tert-OH is 1. The Morgan fingerprint density at radius 3 is 2.79 bits per heavy atom. The van der Waals surface area contributed by atoms with Gasteiger partial charge in [-0.3, -0.25) is 4.79 Å². The third kappa shape index (κ3) is 2.42. The first kappa shape index (κ1) is 20.7. The lowest BCUT2D eigenvalue weighted by molar-refractivity contribution is -0.189. The lowest BCUT2D eigenvalue weighted by Crippen LogP contribution is -2.67. The Kier molecular flexibility index (Phi) is 5.00. The van der Waals surface area contributed by atoms with Crippen LogP contribution < -0.4 is 0 Å². The highest BCUT2D eigenvalue weighted by molar-refractivity contribution is 8.18. The van der Waals surface area contributed by atoms with Crippen molar-refractivity contribution in [2.24, 2.45) is 22.7 Å². The zero-order valence-electron chi connectivity index (χ0n) is 17.0. The van der Waals surface area contributed by atoms with E-state index >= 15 is 4.39 Å². The normalized spacial score (nSPS) is 49.8. The molecule has 0 spiro atoms. The van der Waals surface area contributed by atoms with Gasteiger partial charge in [-0.1, -0.05) is 24.6 Å². The minimum Gasteiger partial charge on any atom is -0.390 e. The molecule has 0 aromatic carbocycles. The van der Waals surface area contributed by atoms with E-state index in [2.05, 4.69) is 19.8 Å². The summed E-state index contributed by atoms with van der Waals surface area (Å²) in [5.74, 6) is 0.877. The van der Waals surface area contributed by atoms with E-state index in [1.807, 2.05) is 36.5 Å². The Hall–Kier alpha value is -0.520. The van der Waals surface area contributed by atoms with Crippen molar-refractivity contribution >= 4 is 29.3 Å². The summed E-state index contributed by atoms with van der Waals surface area (Å²) in [6.45, 7) is 8.06. The zero-order valence-corrected chi connectivity index (χ0v) is 18.7. The fourth-order valence-electron chi connectivity index (χ4n) is 6.98. The number of hydrogen-bond donors (Lipinski definition) is 1. The molecule has 0 heterocycles. The molecule has 2 nitrogen and oxygen atoms in total. The molecule has 0 aliphatic heterocycles. The second-order valence-corrected chi connectivity index (χ2v) is 12.0. The molecule has 154 valence electrons. The number of aliphatic hydroxyl groups is 1. The molecule has 0 amide bonds. The molecule has 0 aromatic heterocycles. The molecule has 7 atom stereocenters. The van der Waals surface area contributed by atoms with Crippen molar-refractivity contribution in [1.29, 1.82) is 0 Å². The predicted molar refractivity (Wildman–Crippen MR) is 117 cm³/mol. The van der Waals surface area contributed by atoms with Crippen LogP contribution in [0.5, 0.6) is 0 Å². The Labute approximate surface area is 176 Å². The number of fused-ring (bicyclic) bond motifs is 5. The average Bonchev–Trinajstić information content (AvgIpc) is 2.94. The second kappa shape index (κ2) is 6.75. The van der Waals surface area contributed by atoms with Crippen LogP contribution in [0.15, 0.2) is 36.5 Å². The highest BCUT2D eigenvalue weighted by Crippen LogP contribution is 2.73. The SMILES string of the molecule is C=CCS[C@@]1(SC)CC[C@H]2[C@@H]3CCC4=CC(=O)C=C[C@]4(C)[C@@]3(F)[C@@H](O)C[C@@]21C. The first-order valence-electron chi connectivity index (χ1n) is 10.3. The smallest absolute Gasteiger partial charge is 0.178 e. The summed E-state index contributed by atoms with van der Waals surface area (Å²) in [6, 6.07) is 0. The molecule has 0 radical (unpaired) electrons. The van der Waals surface area contributed by atoms with Gasteiger partial charge < -0.3 is 5.11 Å². The van der Waals surface area contributed by atoms with Crippen LogP contribution in [0.25, 0.3) is 0 Å². The summed E-state index contributed by atoms with van der Waals surface area (Å²) in [5, 5.41) is 11.3. The van der Waals surface area contributed by atoms with Crippen molar-refractivity contribution in [2.45, 2.75) is 61.8 Å². The highest BCUT2D eigenvalue weighted by Gasteiger charge is 2.72. The lowest BCUT2D eigenvalue weighted by Gasteiger charge is -2.63. The molecule has 4 rings (SSSR count). The van der Waals surface area contributed by atoms with Gasteiger partial charge in [-0.15, -0.1) is 30.1 Å². The summed E-state index contributed by atoms with van der Waals surface area (Å²) in [7, 11) is 0. The van der Waals surface area contributed by atoms with Crippen LogP contribution in [0.1, 0.15) is 46.0 Å². The van der Waals surface area contributed by atoms with Gasteiger partial charge in [0.1, 0.15) is 0 Å². The molecule has 1 N–H and O–H groups in total. The molecule has 4 aliphatic rings. The number of halogens is 1. The van der Waals surface area contributed by atoms with Gasteiger partial charge in [0, 0.05) is 17.1 Å². The molecule has 3 saturated carbocycles. The maximum absolute atomic E-state index is 17.0. The zero-order chi connectivity index (χ0) is 20.4.